The van der Waals surface area contributed by atoms with E-state index in [9.17, 15) is 0 Å². The maximum Gasteiger partial charge on any atom is 0.0175 e. The summed E-state index contributed by atoms with van der Waals surface area (Å²) in [5, 5.41) is 0. The van der Waals surface area contributed by atoms with Crippen LogP contribution in [0.2, 0.25) is 0 Å². The zero-order chi connectivity index (χ0) is 16.1. The Labute approximate surface area is 153 Å². The average molecular weight is 381 g/mol. The molecule has 0 amide bonds. The summed E-state index contributed by atoms with van der Waals surface area (Å²) in [6.07, 6.45) is 8.90. The second-order valence-corrected chi connectivity index (χ2v) is 9.59. The van der Waals surface area contributed by atoms with Gasteiger partial charge in [-0.1, -0.05) is 58.4 Å². The van der Waals surface area contributed by atoms with Crippen molar-refractivity contribution in [2.24, 2.45) is 23.2 Å². The molecule has 0 N–H and O–H groups in total. The van der Waals surface area contributed by atoms with Gasteiger partial charge in [-0.15, -0.1) is 0 Å². The van der Waals surface area contributed by atoms with Gasteiger partial charge in [-0.3, -0.25) is 0 Å². The third-order valence-electron chi connectivity index (χ3n) is 7.03. The molecule has 0 aromatic heterocycles. The van der Waals surface area contributed by atoms with Gasteiger partial charge in [-0.25, -0.2) is 0 Å². The molecule has 4 saturated carbocycles. The molecular weight excluding hydrogens is 356 g/mol. The van der Waals surface area contributed by atoms with E-state index in [1.165, 1.54) is 54.1 Å². The van der Waals surface area contributed by atoms with Gasteiger partial charge >= 0.3 is 0 Å². The molecule has 6 rings (SSSR count). The molecule has 4 bridgehead atoms. The van der Waals surface area contributed by atoms with Gasteiger partial charge < -0.3 is 0 Å². The number of halogens is 1. The normalized spacial score (nSPS) is 35.1. The Morgan fingerprint density at radius 2 is 1.21 bits per heavy atom. The van der Waals surface area contributed by atoms with Crippen LogP contribution in [0.4, 0.5) is 0 Å². The number of hydrogen-bond acceptors (Lipinski definition) is 0. The summed E-state index contributed by atoms with van der Waals surface area (Å²) in [5.74, 6) is 3.56. The Morgan fingerprint density at radius 3 is 1.75 bits per heavy atom. The topological polar surface area (TPSA) is 0 Å². The van der Waals surface area contributed by atoms with Gasteiger partial charge in [-0.05, 0) is 85.0 Å². The van der Waals surface area contributed by atoms with Gasteiger partial charge in [0.05, 0.1) is 0 Å². The van der Waals surface area contributed by atoms with Crippen LogP contribution < -0.4 is 0 Å². The standard InChI is InChI=1S/C23H25Br/c24-21-8-6-20(7-9-21)22(19-4-2-1-3-5-19)23-13-16-10-17(14-23)12-18(11-16)15-23/h1-9,16-18,22H,10-15H2. The fourth-order valence-corrected chi connectivity index (χ4v) is 7.00. The van der Waals surface area contributed by atoms with Crippen LogP contribution in [0.25, 0.3) is 0 Å². The maximum absolute atomic E-state index is 3.61. The highest BCUT2D eigenvalue weighted by Gasteiger charge is 2.54. The van der Waals surface area contributed by atoms with Crippen LogP contribution in [-0.2, 0) is 0 Å². The van der Waals surface area contributed by atoms with Crippen molar-refractivity contribution < 1.29 is 0 Å². The predicted octanol–water partition coefficient (Wildman–Crippen LogP) is 6.80. The van der Waals surface area contributed by atoms with Crippen LogP contribution >= 0.6 is 15.9 Å². The lowest BCUT2D eigenvalue weighted by Crippen LogP contribution is -2.49. The fourth-order valence-electron chi connectivity index (χ4n) is 6.73. The Kier molecular flexibility index (Phi) is 3.63. The van der Waals surface area contributed by atoms with Gasteiger partial charge in [0.15, 0.2) is 0 Å². The molecule has 1 heteroatoms. The van der Waals surface area contributed by atoms with Crippen molar-refractivity contribution in [1.29, 1.82) is 0 Å². The van der Waals surface area contributed by atoms with Crippen LogP contribution in [0.5, 0.6) is 0 Å². The summed E-state index contributed by atoms with van der Waals surface area (Å²) >= 11 is 3.61. The van der Waals surface area contributed by atoms with Crippen molar-refractivity contribution in [2.45, 2.75) is 44.4 Å². The van der Waals surface area contributed by atoms with Crippen molar-refractivity contribution >= 4 is 15.9 Å². The van der Waals surface area contributed by atoms with E-state index >= 15 is 0 Å². The lowest BCUT2D eigenvalue weighted by molar-refractivity contribution is -0.0618. The lowest BCUT2D eigenvalue weighted by atomic mass is 9.45. The van der Waals surface area contributed by atoms with Gasteiger partial charge in [0.1, 0.15) is 0 Å². The molecule has 2 aromatic carbocycles. The zero-order valence-electron chi connectivity index (χ0n) is 14.1. The molecule has 24 heavy (non-hydrogen) atoms. The van der Waals surface area contributed by atoms with E-state index < -0.39 is 0 Å². The first-order valence-electron chi connectivity index (χ1n) is 9.52. The number of hydrogen-bond donors (Lipinski definition) is 0. The maximum atomic E-state index is 3.61. The summed E-state index contributed by atoms with van der Waals surface area (Å²) in [4.78, 5) is 0. The molecule has 0 aliphatic heterocycles. The van der Waals surface area contributed by atoms with Crippen molar-refractivity contribution in [2.75, 3.05) is 0 Å². The van der Waals surface area contributed by atoms with E-state index in [-0.39, 0.29) is 0 Å². The van der Waals surface area contributed by atoms with Gasteiger partial charge in [0.25, 0.3) is 0 Å². The first kappa shape index (κ1) is 15.2. The first-order chi connectivity index (χ1) is 11.7. The van der Waals surface area contributed by atoms with E-state index in [1.807, 2.05) is 0 Å². The Balaban J connectivity index is 1.62. The van der Waals surface area contributed by atoms with Crippen LogP contribution in [0.15, 0.2) is 59.1 Å². The largest absolute Gasteiger partial charge is 0.0622 e. The zero-order valence-corrected chi connectivity index (χ0v) is 15.7. The monoisotopic (exact) mass is 380 g/mol. The fraction of sp³-hybridized carbons (Fsp3) is 0.478. The van der Waals surface area contributed by atoms with E-state index in [1.54, 1.807) is 0 Å². The minimum Gasteiger partial charge on any atom is -0.0622 e. The smallest absolute Gasteiger partial charge is 0.0175 e. The van der Waals surface area contributed by atoms with Crippen molar-refractivity contribution in [3.05, 3.63) is 70.2 Å². The molecule has 4 fully saturated rings. The van der Waals surface area contributed by atoms with Gasteiger partial charge in [-0.2, -0.15) is 0 Å². The quantitative estimate of drug-likeness (QED) is 0.549. The summed E-state index contributed by atoms with van der Waals surface area (Å²) in [5.41, 5.74) is 3.55. The Hall–Kier alpha value is -1.08. The van der Waals surface area contributed by atoms with Crippen LogP contribution in [0, 0.1) is 23.2 Å². The molecule has 2 aromatic rings. The summed E-state index contributed by atoms with van der Waals surface area (Å²) < 4.78 is 1.18. The number of benzene rings is 2. The average Bonchev–Trinajstić information content (AvgIpc) is 2.56. The van der Waals surface area contributed by atoms with Crippen LogP contribution in [-0.4, -0.2) is 0 Å². The predicted molar refractivity (Wildman–Crippen MR) is 103 cm³/mol. The molecular formula is C23H25Br. The SMILES string of the molecule is Brc1ccc(C(c2ccccc2)C23CC4CC(CC(C4)C2)C3)cc1. The minimum absolute atomic E-state index is 0.504. The van der Waals surface area contributed by atoms with Crippen molar-refractivity contribution in [3.8, 4) is 0 Å². The highest BCUT2D eigenvalue weighted by atomic mass is 79.9. The van der Waals surface area contributed by atoms with Crippen LogP contribution in [0.3, 0.4) is 0 Å². The van der Waals surface area contributed by atoms with Crippen LogP contribution in [0.1, 0.15) is 55.6 Å². The van der Waals surface area contributed by atoms with E-state index in [0.717, 1.165) is 17.8 Å². The second kappa shape index (κ2) is 5.73. The van der Waals surface area contributed by atoms with Gasteiger partial charge in [0, 0.05) is 10.4 Å². The molecule has 0 spiro atoms. The van der Waals surface area contributed by atoms with E-state index in [4.69, 9.17) is 0 Å². The third kappa shape index (κ3) is 2.47. The highest BCUT2D eigenvalue weighted by molar-refractivity contribution is 9.10. The molecule has 0 radical (unpaired) electrons. The molecule has 1 unspecified atom stereocenters. The second-order valence-electron chi connectivity index (χ2n) is 8.68. The molecule has 4 aliphatic carbocycles. The third-order valence-corrected chi connectivity index (χ3v) is 7.56. The molecule has 0 saturated heterocycles. The Bertz CT molecular complexity index is 680. The molecule has 124 valence electrons. The molecule has 1 atom stereocenters. The molecule has 4 aliphatic rings. The molecule has 0 nitrogen and oxygen atoms in total. The van der Waals surface area contributed by atoms with E-state index in [2.05, 4.69) is 70.5 Å². The first-order valence-corrected chi connectivity index (χ1v) is 10.3. The highest BCUT2D eigenvalue weighted by Crippen LogP contribution is 2.65. The van der Waals surface area contributed by atoms with Crippen molar-refractivity contribution in [1.82, 2.24) is 0 Å². The van der Waals surface area contributed by atoms with Gasteiger partial charge in [0.2, 0.25) is 0 Å². The summed E-state index contributed by atoms with van der Waals surface area (Å²) in [6, 6.07) is 20.5. The Morgan fingerprint density at radius 1 is 0.708 bits per heavy atom. The summed E-state index contributed by atoms with van der Waals surface area (Å²) in [7, 11) is 0. The minimum atomic E-state index is 0.504. The lowest BCUT2D eigenvalue weighted by Gasteiger charge is -2.59. The molecule has 0 heterocycles. The number of rotatable bonds is 3. The summed E-state index contributed by atoms with van der Waals surface area (Å²) in [6.45, 7) is 0. The van der Waals surface area contributed by atoms with Crippen molar-refractivity contribution in [3.63, 3.8) is 0 Å². The van der Waals surface area contributed by atoms with E-state index in [0.29, 0.717) is 11.3 Å².